The van der Waals surface area contributed by atoms with E-state index in [0.29, 0.717) is 5.57 Å². The van der Waals surface area contributed by atoms with Crippen molar-refractivity contribution in [1.82, 2.24) is 0 Å². The molecule has 10 nitrogen and oxygen atoms in total. The molecule has 0 radical (unpaired) electrons. The smallest absolute Gasteiger partial charge is 0.307 e. The maximum atomic E-state index is 12.8. The second kappa shape index (κ2) is 14.2. The van der Waals surface area contributed by atoms with Crippen LogP contribution in [-0.4, -0.2) is 87.0 Å². The SMILES string of the molecule is C=CC=C(C)C=CC1=C(C)C(=O)C(OC(=O)CCC(=O)OCC(O)C(O)C(O)C(O)CO)CC1(C)C. The Bertz CT molecular complexity index is 898. The van der Waals surface area contributed by atoms with Gasteiger partial charge in [0.25, 0.3) is 0 Å². The molecule has 1 rings (SSSR count). The van der Waals surface area contributed by atoms with E-state index < -0.39 is 67.5 Å². The van der Waals surface area contributed by atoms with E-state index in [0.717, 1.165) is 11.1 Å². The minimum absolute atomic E-state index is 0.273. The van der Waals surface area contributed by atoms with Crippen molar-refractivity contribution in [2.24, 2.45) is 5.41 Å². The molecule has 1 aliphatic rings. The average molecular weight is 511 g/mol. The van der Waals surface area contributed by atoms with Crippen molar-refractivity contribution in [2.75, 3.05) is 13.2 Å². The van der Waals surface area contributed by atoms with Crippen LogP contribution in [-0.2, 0) is 23.9 Å². The Morgan fingerprint density at radius 3 is 2.28 bits per heavy atom. The van der Waals surface area contributed by atoms with Gasteiger partial charge in [0.05, 0.1) is 19.4 Å². The van der Waals surface area contributed by atoms with Crippen LogP contribution in [0.4, 0.5) is 0 Å². The van der Waals surface area contributed by atoms with Crippen molar-refractivity contribution >= 4 is 17.7 Å². The summed E-state index contributed by atoms with van der Waals surface area (Å²) in [6.45, 7) is 9.60. The molecule has 1 aliphatic carbocycles. The van der Waals surface area contributed by atoms with E-state index in [1.54, 1.807) is 13.0 Å². The average Bonchev–Trinajstić information content (AvgIpc) is 2.82. The number of allylic oxidation sites excluding steroid dienone is 6. The van der Waals surface area contributed by atoms with E-state index >= 15 is 0 Å². The Kier molecular flexibility index (Phi) is 12.4. The van der Waals surface area contributed by atoms with Crippen LogP contribution in [0.1, 0.15) is 47.0 Å². The Balaban J connectivity index is 2.64. The molecule has 0 amide bonds. The van der Waals surface area contributed by atoms with Crippen LogP contribution in [0.25, 0.3) is 0 Å². The van der Waals surface area contributed by atoms with Gasteiger partial charge in [-0.15, -0.1) is 0 Å². The van der Waals surface area contributed by atoms with Gasteiger partial charge in [0.1, 0.15) is 31.0 Å². The molecule has 0 saturated carbocycles. The molecule has 0 aliphatic heterocycles. The molecular formula is C26H38O10. The summed E-state index contributed by atoms with van der Waals surface area (Å²) in [6, 6.07) is 0. The van der Waals surface area contributed by atoms with Gasteiger partial charge in [-0.05, 0) is 30.4 Å². The predicted molar refractivity (Wildman–Crippen MR) is 130 cm³/mol. The fourth-order valence-electron chi connectivity index (χ4n) is 3.78. The van der Waals surface area contributed by atoms with Crippen molar-refractivity contribution < 1.29 is 49.4 Å². The molecule has 0 bridgehead atoms. The van der Waals surface area contributed by atoms with Gasteiger partial charge in [-0.2, -0.15) is 0 Å². The number of Topliss-reactive ketones (excluding diaryl/α,β-unsaturated/α-hetero) is 1. The van der Waals surface area contributed by atoms with Crippen LogP contribution in [0.5, 0.6) is 0 Å². The quantitative estimate of drug-likeness (QED) is 0.175. The molecule has 36 heavy (non-hydrogen) atoms. The highest BCUT2D eigenvalue weighted by atomic mass is 16.6. The molecule has 0 spiro atoms. The first-order valence-electron chi connectivity index (χ1n) is 11.7. The van der Waals surface area contributed by atoms with Gasteiger partial charge in [-0.25, -0.2) is 0 Å². The number of esters is 2. The number of aliphatic hydroxyl groups excluding tert-OH is 5. The zero-order valence-electron chi connectivity index (χ0n) is 21.2. The number of hydrogen-bond acceptors (Lipinski definition) is 10. The van der Waals surface area contributed by atoms with Gasteiger partial charge in [-0.3, -0.25) is 14.4 Å². The number of hydrogen-bond donors (Lipinski definition) is 5. The lowest BCUT2D eigenvalue weighted by atomic mass is 9.71. The second-order valence-corrected chi connectivity index (χ2v) is 9.43. The van der Waals surface area contributed by atoms with Gasteiger partial charge in [0.2, 0.25) is 0 Å². The Labute approximate surface area is 211 Å². The van der Waals surface area contributed by atoms with E-state index in [9.17, 15) is 34.8 Å². The molecule has 5 unspecified atom stereocenters. The summed E-state index contributed by atoms with van der Waals surface area (Å²) in [5.74, 6) is -1.95. The lowest BCUT2D eigenvalue weighted by Gasteiger charge is -2.36. The van der Waals surface area contributed by atoms with E-state index in [1.165, 1.54) is 0 Å². The molecule has 0 aromatic carbocycles. The Hall–Kier alpha value is -2.63. The maximum absolute atomic E-state index is 12.8. The lowest BCUT2D eigenvalue weighted by molar-refractivity contribution is -0.161. The van der Waals surface area contributed by atoms with Crippen molar-refractivity contribution in [3.63, 3.8) is 0 Å². The van der Waals surface area contributed by atoms with E-state index in [1.807, 2.05) is 39.0 Å². The van der Waals surface area contributed by atoms with Gasteiger partial charge in [-0.1, -0.05) is 50.3 Å². The third kappa shape index (κ3) is 9.11. The van der Waals surface area contributed by atoms with Crippen LogP contribution >= 0.6 is 0 Å². The molecule has 202 valence electrons. The molecular weight excluding hydrogens is 472 g/mol. The fourth-order valence-corrected chi connectivity index (χ4v) is 3.78. The van der Waals surface area contributed by atoms with Crippen LogP contribution < -0.4 is 0 Å². The van der Waals surface area contributed by atoms with Crippen LogP contribution in [0.15, 0.2) is 47.6 Å². The van der Waals surface area contributed by atoms with Crippen molar-refractivity contribution in [3.8, 4) is 0 Å². The summed E-state index contributed by atoms with van der Waals surface area (Å²) >= 11 is 0. The zero-order chi connectivity index (χ0) is 27.6. The number of rotatable bonds is 13. The topological polar surface area (TPSA) is 171 Å². The van der Waals surface area contributed by atoms with Crippen LogP contribution in [0, 0.1) is 5.41 Å². The van der Waals surface area contributed by atoms with Gasteiger partial charge < -0.3 is 35.0 Å². The number of ether oxygens (including phenoxy) is 2. The molecule has 0 aromatic heterocycles. The minimum Gasteiger partial charge on any atom is -0.463 e. The standard InChI is InChI=1S/C26H38O10/c1-6-7-15(2)8-9-17-16(3)23(32)20(12-26(17,4)5)36-22(31)11-10-21(30)35-14-19(29)25(34)24(33)18(28)13-27/h6-9,18-20,24-25,27-29,33-34H,1,10-14H2,2-5H3. The maximum Gasteiger partial charge on any atom is 0.307 e. The minimum atomic E-state index is -1.87. The van der Waals surface area contributed by atoms with Crippen LogP contribution in [0.3, 0.4) is 0 Å². The highest BCUT2D eigenvalue weighted by Gasteiger charge is 2.40. The van der Waals surface area contributed by atoms with Crippen LogP contribution in [0.2, 0.25) is 0 Å². The number of carbonyl (C=O) groups is 3. The summed E-state index contributed by atoms with van der Waals surface area (Å²) in [5.41, 5.74) is 1.86. The first-order chi connectivity index (χ1) is 16.7. The first kappa shape index (κ1) is 31.4. The second-order valence-electron chi connectivity index (χ2n) is 9.43. The molecule has 0 heterocycles. The molecule has 10 heteroatoms. The molecule has 5 N–H and O–H groups in total. The third-order valence-corrected chi connectivity index (χ3v) is 5.93. The first-order valence-corrected chi connectivity index (χ1v) is 11.7. The van der Waals surface area contributed by atoms with Crippen molar-refractivity contribution in [1.29, 1.82) is 0 Å². The third-order valence-electron chi connectivity index (χ3n) is 5.93. The fraction of sp³-hybridized carbons (Fsp3) is 0.577. The van der Waals surface area contributed by atoms with E-state index in [4.69, 9.17) is 14.6 Å². The Morgan fingerprint density at radius 1 is 1.11 bits per heavy atom. The molecule has 0 saturated heterocycles. The number of carbonyl (C=O) groups excluding carboxylic acids is 3. The summed E-state index contributed by atoms with van der Waals surface area (Å²) in [4.78, 5) is 37.0. The summed E-state index contributed by atoms with van der Waals surface area (Å²) in [5, 5.41) is 47.1. The zero-order valence-corrected chi connectivity index (χ0v) is 21.2. The number of ketones is 1. The molecule has 0 fully saturated rings. The van der Waals surface area contributed by atoms with Gasteiger partial charge >= 0.3 is 11.9 Å². The van der Waals surface area contributed by atoms with E-state index in [-0.39, 0.29) is 18.6 Å². The highest BCUT2D eigenvalue weighted by Crippen LogP contribution is 2.40. The summed E-state index contributed by atoms with van der Waals surface area (Å²) in [6.07, 6.45) is -1.33. The monoisotopic (exact) mass is 510 g/mol. The lowest BCUT2D eigenvalue weighted by Crippen LogP contribution is -2.47. The Morgan fingerprint density at radius 2 is 1.69 bits per heavy atom. The summed E-state index contributed by atoms with van der Waals surface area (Å²) in [7, 11) is 0. The summed E-state index contributed by atoms with van der Waals surface area (Å²) < 4.78 is 10.1. The van der Waals surface area contributed by atoms with Gasteiger partial charge in [0, 0.05) is 6.42 Å². The van der Waals surface area contributed by atoms with Crippen molar-refractivity contribution in [2.45, 2.75) is 77.5 Å². The largest absolute Gasteiger partial charge is 0.463 e. The molecule has 5 atom stereocenters. The normalized spacial score (nSPS) is 21.6. The predicted octanol–water partition coefficient (Wildman–Crippen LogP) is 0.661. The van der Waals surface area contributed by atoms with Gasteiger partial charge in [0.15, 0.2) is 11.9 Å². The molecule has 0 aromatic rings. The number of aliphatic hydroxyl groups is 5. The highest BCUT2D eigenvalue weighted by molar-refractivity contribution is 6.01. The van der Waals surface area contributed by atoms with E-state index in [2.05, 4.69) is 6.58 Å². The van der Waals surface area contributed by atoms with Crippen molar-refractivity contribution in [3.05, 3.63) is 47.6 Å².